The summed E-state index contributed by atoms with van der Waals surface area (Å²) in [6, 6.07) is 5.73. The third kappa shape index (κ3) is 5.04. The summed E-state index contributed by atoms with van der Waals surface area (Å²) in [7, 11) is -3.99. The number of nitrogens with one attached hydrogen (secondary N) is 2. The molecule has 0 aliphatic heterocycles. The van der Waals surface area contributed by atoms with Crippen LogP contribution in [0.5, 0.6) is 0 Å². The van der Waals surface area contributed by atoms with Crippen LogP contribution in [0.15, 0.2) is 35.2 Å². The van der Waals surface area contributed by atoms with Crippen molar-refractivity contribution in [2.75, 3.05) is 5.32 Å². The third-order valence-corrected chi connectivity index (χ3v) is 7.17. The molecule has 1 aliphatic rings. The number of nitro groups is 1. The Morgan fingerprint density at radius 3 is 2.37 bits per heavy atom. The van der Waals surface area contributed by atoms with Crippen LogP contribution in [0.4, 0.5) is 11.4 Å². The lowest BCUT2D eigenvalue weighted by Crippen LogP contribution is -2.33. The molecule has 30 heavy (non-hydrogen) atoms. The van der Waals surface area contributed by atoms with Gasteiger partial charge in [0.05, 0.1) is 20.5 Å². The van der Waals surface area contributed by atoms with E-state index in [9.17, 15) is 23.3 Å². The molecular formula is C18H16Cl3N3O5S. The van der Waals surface area contributed by atoms with Gasteiger partial charge in [0.25, 0.3) is 11.6 Å². The molecule has 1 aliphatic carbocycles. The predicted octanol–water partition coefficient (Wildman–Crippen LogP) is 5.03. The van der Waals surface area contributed by atoms with Crippen LogP contribution >= 0.6 is 34.8 Å². The molecule has 2 aromatic carbocycles. The van der Waals surface area contributed by atoms with Crippen LogP contribution < -0.4 is 10.0 Å². The van der Waals surface area contributed by atoms with Gasteiger partial charge in [-0.05, 0) is 37.1 Å². The largest absolute Gasteiger partial charge is 0.316 e. The molecule has 8 nitrogen and oxygen atoms in total. The average molecular weight is 493 g/mol. The quantitative estimate of drug-likeness (QED) is 0.433. The topological polar surface area (TPSA) is 118 Å². The zero-order valence-electron chi connectivity index (χ0n) is 15.3. The smallest absolute Gasteiger partial charge is 0.294 e. The van der Waals surface area contributed by atoms with E-state index in [4.69, 9.17) is 34.8 Å². The number of halogens is 3. The molecule has 2 aromatic rings. The van der Waals surface area contributed by atoms with Crippen LogP contribution in [0, 0.1) is 10.1 Å². The molecule has 160 valence electrons. The van der Waals surface area contributed by atoms with Gasteiger partial charge in [-0.1, -0.05) is 47.6 Å². The van der Waals surface area contributed by atoms with E-state index in [1.807, 2.05) is 0 Å². The van der Waals surface area contributed by atoms with Crippen molar-refractivity contribution in [1.82, 2.24) is 4.72 Å². The Hall–Kier alpha value is -1.91. The first kappa shape index (κ1) is 22.8. The summed E-state index contributed by atoms with van der Waals surface area (Å²) in [4.78, 5) is 22.9. The van der Waals surface area contributed by atoms with Crippen molar-refractivity contribution in [2.45, 2.75) is 36.6 Å². The maximum Gasteiger partial charge on any atom is 0.294 e. The van der Waals surface area contributed by atoms with E-state index in [1.54, 1.807) is 0 Å². The van der Waals surface area contributed by atoms with Crippen molar-refractivity contribution in [2.24, 2.45) is 0 Å². The lowest BCUT2D eigenvalue weighted by molar-refractivity contribution is -0.383. The molecule has 3 rings (SSSR count). The Morgan fingerprint density at radius 2 is 1.73 bits per heavy atom. The molecule has 1 fully saturated rings. The molecule has 0 saturated heterocycles. The first-order valence-electron chi connectivity index (χ1n) is 8.85. The molecule has 0 unspecified atom stereocenters. The molecule has 0 aromatic heterocycles. The summed E-state index contributed by atoms with van der Waals surface area (Å²) in [5.41, 5.74) is -0.734. The number of carbonyl (C=O) groups excluding carboxylic acids is 1. The van der Waals surface area contributed by atoms with Crippen LogP contribution in [-0.2, 0) is 10.0 Å². The van der Waals surface area contributed by atoms with Crippen molar-refractivity contribution >= 4 is 62.1 Å². The molecule has 0 atom stereocenters. The fourth-order valence-corrected chi connectivity index (χ4v) is 5.52. The molecule has 0 heterocycles. The number of amides is 1. The second-order valence-electron chi connectivity index (χ2n) is 6.74. The summed E-state index contributed by atoms with van der Waals surface area (Å²) < 4.78 is 28.1. The third-order valence-electron chi connectivity index (χ3n) is 4.64. The van der Waals surface area contributed by atoms with Gasteiger partial charge in [-0.3, -0.25) is 14.9 Å². The second kappa shape index (κ2) is 9.07. The lowest BCUT2D eigenvalue weighted by atomic mass is 10.2. The van der Waals surface area contributed by atoms with Crippen LogP contribution in [0.1, 0.15) is 36.0 Å². The van der Waals surface area contributed by atoms with Crippen molar-refractivity contribution in [3.63, 3.8) is 0 Å². The van der Waals surface area contributed by atoms with Crippen LogP contribution in [0.2, 0.25) is 15.1 Å². The highest BCUT2D eigenvalue weighted by Crippen LogP contribution is 2.32. The van der Waals surface area contributed by atoms with Gasteiger partial charge in [0.1, 0.15) is 10.6 Å². The fourth-order valence-electron chi connectivity index (χ4n) is 3.19. The standard InChI is InChI=1S/C18H16Cl3N3O5S/c19-10-5-6-15(16(7-10)24(26)27)22-18(25)12-8-17(14(21)9-13(12)20)30(28,29)23-11-3-1-2-4-11/h5-9,11,23H,1-4H2,(H,22,25). The number of carbonyl (C=O) groups is 1. The Balaban J connectivity index is 1.94. The van der Waals surface area contributed by atoms with Crippen molar-refractivity contribution in [3.8, 4) is 0 Å². The summed E-state index contributed by atoms with van der Waals surface area (Å²) in [6.45, 7) is 0. The number of hydrogen-bond acceptors (Lipinski definition) is 5. The maximum atomic E-state index is 12.8. The van der Waals surface area contributed by atoms with Gasteiger partial charge < -0.3 is 5.32 Å². The van der Waals surface area contributed by atoms with Crippen LogP contribution in [0.3, 0.4) is 0 Å². The Morgan fingerprint density at radius 1 is 1.07 bits per heavy atom. The van der Waals surface area contributed by atoms with Crippen LogP contribution in [0.25, 0.3) is 0 Å². The summed E-state index contributed by atoms with van der Waals surface area (Å²) >= 11 is 17.9. The zero-order valence-corrected chi connectivity index (χ0v) is 18.4. The highest BCUT2D eigenvalue weighted by molar-refractivity contribution is 7.89. The lowest BCUT2D eigenvalue weighted by Gasteiger charge is -2.15. The number of sulfonamides is 1. The molecule has 2 N–H and O–H groups in total. The van der Waals surface area contributed by atoms with Gasteiger partial charge in [0, 0.05) is 17.1 Å². The van der Waals surface area contributed by atoms with Gasteiger partial charge in [0.15, 0.2) is 0 Å². The number of nitrogens with zero attached hydrogens (tertiary/aromatic N) is 1. The second-order valence-corrected chi connectivity index (χ2v) is 9.67. The molecule has 0 bridgehead atoms. The van der Waals surface area contributed by atoms with Crippen LogP contribution in [-0.4, -0.2) is 25.3 Å². The predicted molar refractivity (Wildman–Crippen MR) is 115 cm³/mol. The Kier molecular flexibility index (Phi) is 6.88. The number of nitro benzene ring substituents is 1. The first-order chi connectivity index (χ1) is 14.1. The van der Waals surface area contributed by atoms with E-state index in [-0.39, 0.29) is 37.3 Å². The van der Waals surface area contributed by atoms with Crippen molar-refractivity contribution in [1.29, 1.82) is 0 Å². The van der Waals surface area contributed by atoms with Gasteiger partial charge in [-0.2, -0.15) is 0 Å². The normalized spacial score (nSPS) is 14.6. The maximum absolute atomic E-state index is 12.8. The average Bonchev–Trinajstić information content (AvgIpc) is 3.14. The highest BCUT2D eigenvalue weighted by Gasteiger charge is 2.27. The summed E-state index contributed by atoms with van der Waals surface area (Å²) in [6.07, 6.45) is 3.29. The van der Waals surface area contributed by atoms with Gasteiger partial charge in [-0.25, -0.2) is 13.1 Å². The molecule has 12 heteroatoms. The van der Waals surface area contributed by atoms with E-state index in [0.29, 0.717) is 0 Å². The summed E-state index contributed by atoms with van der Waals surface area (Å²) in [5, 5.41) is 13.5. The Bertz CT molecular complexity index is 1120. The Labute approximate surface area is 187 Å². The minimum Gasteiger partial charge on any atom is -0.316 e. The minimum absolute atomic E-state index is 0.103. The fraction of sp³-hybridized carbons (Fsp3) is 0.278. The monoisotopic (exact) mass is 491 g/mol. The van der Waals surface area contributed by atoms with E-state index < -0.39 is 26.5 Å². The molecule has 1 amide bonds. The van der Waals surface area contributed by atoms with E-state index >= 15 is 0 Å². The van der Waals surface area contributed by atoms with Gasteiger partial charge >= 0.3 is 0 Å². The van der Waals surface area contributed by atoms with Gasteiger partial charge in [-0.15, -0.1) is 0 Å². The SMILES string of the molecule is O=C(Nc1ccc(Cl)cc1[N+](=O)[O-])c1cc(S(=O)(=O)NC2CCCC2)c(Cl)cc1Cl. The van der Waals surface area contributed by atoms with E-state index in [0.717, 1.165) is 43.9 Å². The molecule has 0 radical (unpaired) electrons. The minimum atomic E-state index is -3.99. The first-order valence-corrected chi connectivity index (χ1v) is 11.5. The molecular weight excluding hydrogens is 477 g/mol. The molecule has 1 saturated carbocycles. The number of rotatable bonds is 6. The highest BCUT2D eigenvalue weighted by atomic mass is 35.5. The number of hydrogen-bond donors (Lipinski definition) is 2. The number of anilines is 1. The number of benzene rings is 2. The van der Waals surface area contributed by atoms with E-state index in [1.165, 1.54) is 12.1 Å². The summed E-state index contributed by atoms with van der Waals surface area (Å²) in [5.74, 6) is -0.834. The van der Waals surface area contributed by atoms with E-state index in [2.05, 4.69) is 10.0 Å². The van der Waals surface area contributed by atoms with Crippen molar-refractivity contribution in [3.05, 3.63) is 61.1 Å². The van der Waals surface area contributed by atoms with Gasteiger partial charge in [0.2, 0.25) is 10.0 Å². The molecule has 0 spiro atoms. The van der Waals surface area contributed by atoms with Crippen molar-refractivity contribution < 1.29 is 18.1 Å². The zero-order chi connectivity index (χ0) is 22.1.